The van der Waals surface area contributed by atoms with Gasteiger partial charge in [0, 0.05) is 35.8 Å². The van der Waals surface area contributed by atoms with Gasteiger partial charge in [-0.25, -0.2) is 15.0 Å². The normalized spacial score (nSPS) is 17.9. The Bertz CT molecular complexity index is 1320. The number of nitrogen functional groups attached to an aromatic ring is 1. The van der Waals surface area contributed by atoms with E-state index < -0.39 is 5.79 Å². The molecule has 0 radical (unpaired) electrons. The van der Waals surface area contributed by atoms with Gasteiger partial charge < -0.3 is 25.6 Å². The molecule has 192 valence electrons. The lowest BCUT2D eigenvalue weighted by Crippen LogP contribution is -2.15. The van der Waals surface area contributed by atoms with E-state index in [4.69, 9.17) is 15.9 Å². The largest absolute Gasteiger partial charge is 0.396 e. The number of aromatic nitrogens is 4. The molecule has 8 nitrogen and oxygen atoms in total. The van der Waals surface area contributed by atoms with Crippen molar-refractivity contribution in [3.63, 3.8) is 0 Å². The van der Waals surface area contributed by atoms with Gasteiger partial charge in [0.25, 0.3) is 0 Å². The zero-order chi connectivity index (χ0) is 25.9. The Morgan fingerprint density at radius 3 is 2.58 bits per heavy atom. The molecule has 0 saturated heterocycles. The highest BCUT2D eigenvalue weighted by Gasteiger charge is 2.27. The lowest BCUT2D eigenvalue weighted by atomic mass is 9.93. The average molecular weight is 492 g/mol. The number of aliphatic hydroxyl groups excluding tert-OH is 1. The molecule has 8 heteroatoms. The molecule has 5 N–H and O–H groups in total. The lowest BCUT2D eigenvalue weighted by Gasteiger charge is -2.16. The molecule has 2 unspecified atom stereocenters. The van der Waals surface area contributed by atoms with Crippen LogP contribution in [-0.4, -0.2) is 47.2 Å². The highest BCUT2D eigenvalue weighted by Crippen LogP contribution is 2.39. The zero-order valence-corrected chi connectivity index (χ0v) is 21.4. The number of rotatable bonds is 6. The van der Waals surface area contributed by atoms with Gasteiger partial charge in [0.2, 0.25) is 0 Å². The fourth-order valence-corrected chi connectivity index (χ4v) is 5.14. The van der Waals surface area contributed by atoms with Crippen molar-refractivity contribution >= 4 is 27.8 Å². The SMILES string of the molecule is CC(C)(O)O.Cc1cc2cc(CCO)c(CCC3CCC(n4ccc5cncnc54)C3)cc2nc1N. The van der Waals surface area contributed by atoms with E-state index in [1.54, 1.807) is 6.33 Å². The van der Waals surface area contributed by atoms with Crippen molar-refractivity contribution in [1.29, 1.82) is 0 Å². The molecule has 1 saturated carbocycles. The molecule has 0 spiro atoms. The van der Waals surface area contributed by atoms with E-state index in [9.17, 15) is 5.11 Å². The van der Waals surface area contributed by atoms with Gasteiger partial charge in [0.1, 0.15) is 17.8 Å². The number of hydrogen-bond donors (Lipinski definition) is 4. The summed E-state index contributed by atoms with van der Waals surface area (Å²) in [6.45, 7) is 4.74. The smallest absolute Gasteiger partial charge is 0.156 e. The van der Waals surface area contributed by atoms with E-state index in [2.05, 4.69) is 50.0 Å². The highest BCUT2D eigenvalue weighted by molar-refractivity contribution is 5.83. The van der Waals surface area contributed by atoms with Crippen molar-refractivity contribution in [3.8, 4) is 0 Å². The van der Waals surface area contributed by atoms with Crippen molar-refractivity contribution in [1.82, 2.24) is 19.5 Å². The van der Waals surface area contributed by atoms with Crippen molar-refractivity contribution in [3.05, 3.63) is 59.7 Å². The molecular formula is C28H37N5O3. The molecule has 4 aromatic rings. The molecular weight excluding hydrogens is 454 g/mol. The van der Waals surface area contributed by atoms with Gasteiger partial charge in [0.05, 0.1) is 5.52 Å². The maximum absolute atomic E-state index is 9.57. The Kier molecular flexibility index (Phi) is 7.88. The third kappa shape index (κ3) is 6.37. The molecule has 3 heterocycles. The number of fused-ring (bicyclic) bond motifs is 2. The Morgan fingerprint density at radius 2 is 1.83 bits per heavy atom. The topological polar surface area (TPSA) is 130 Å². The number of benzene rings is 1. The number of aryl methyl sites for hydroxylation is 2. The summed E-state index contributed by atoms with van der Waals surface area (Å²) in [7, 11) is 0. The number of aliphatic hydroxyl groups is 3. The van der Waals surface area contributed by atoms with Crippen LogP contribution in [0.15, 0.2) is 43.0 Å². The Hall–Kier alpha value is -3.07. The summed E-state index contributed by atoms with van der Waals surface area (Å²) in [5.74, 6) is -0.215. The maximum atomic E-state index is 9.57. The summed E-state index contributed by atoms with van der Waals surface area (Å²) in [6.07, 6.45) is 12.1. The summed E-state index contributed by atoms with van der Waals surface area (Å²) >= 11 is 0. The van der Waals surface area contributed by atoms with Crippen LogP contribution >= 0.6 is 0 Å². The van der Waals surface area contributed by atoms with Crippen LogP contribution in [0.25, 0.3) is 21.9 Å². The molecule has 1 fully saturated rings. The quantitative estimate of drug-likeness (QED) is 0.299. The molecule has 1 aromatic carbocycles. The Morgan fingerprint density at radius 1 is 1.08 bits per heavy atom. The van der Waals surface area contributed by atoms with Gasteiger partial charge in [-0.3, -0.25) is 0 Å². The van der Waals surface area contributed by atoms with E-state index in [-0.39, 0.29) is 6.61 Å². The third-order valence-corrected chi connectivity index (χ3v) is 6.85. The fourth-order valence-electron chi connectivity index (χ4n) is 5.14. The standard InChI is InChI=1S/C25H29N5O.C3H8O2/c1-16-10-21-12-19(7-9-31)18(13-23(21)29-24(16)26)4-2-17-3-5-22(11-17)30-8-6-20-14-27-15-28-25(20)30;1-3(2,4)5/h6,8,10,12-15,17,22,31H,2-5,7,9,11H2,1H3,(H2,26,29);4-5H,1-2H3. The molecule has 3 aromatic heterocycles. The second kappa shape index (κ2) is 10.9. The fraction of sp³-hybridized carbons (Fsp3) is 0.464. The van der Waals surface area contributed by atoms with Crippen LogP contribution in [0, 0.1) is 12.8 Å². The molecule has 0 aliphatic heterocycles. The monoisotopic (exact) mass is 491 g/mol. The van der Waals surface area contributed by atoms with Gasteiger partial charge in [-0.05, 0) is 106 Å². The molecule has 1 aliphatic rings. The second-order valence-corrected chi connectivity index (χ2v) is 10.4. The van der Waals surface area contributed by atoms with Crippen LogP contribution in [0.4, 0.5) is 5.82 Å². The molecule has 1 aliphatic carbocycles. The summed E-state index contributed by atoms with van der Waals surface area (Å²) in [5.41, 5.74) is 11.5. The van der Waals surface area contributed by atoms with E-state index in [0.29, 0.717) is 24.2 Å². The minimum Gasteiger partial charge on any atom is -0.396 e. The first kappa shape index (κ1) is 26.0. The predicted octanol–water partition coefficient (Wildman–Crippen LogP) is 4.09. The number of nitrogens with two attached hydrogens (primary N) is 1. The van der Waals surface area contributed by atoms with Crippen molar-refractivity contribution in [2.75, 3.05) is 12.3 Å². The summed E-state index contributed by atoms with van der Waals surface area (Å²) in [4.78, 5) is 13.2. The second-order valence-electron chi connectivity index (χ2n) is 10.4. The first-order valence-electron chi connectivity index (χ1n) is 12.6. The van der Waals surface area contributed by atoms with Crippen LogP contribution in [0.5, 0.6) is 0 Å². The average Bonchev–Trinajstić information content (AvgIpc) is 3.45. The van der Waals surface area contributed by atoms with Crippen molar-refractivity contribution in [2.45, 2.75) is 71.1 Å². The summed E-state index contributed by atoms with van der Waals surface area (Å²) in [6, 6.07) is 9.08. The minimum absolute atomic E-state index is 0.161. The van der Waals surface area contributed by atoms with Crippen molar-refractivity contribution in [2.24, 2.45) is 5.92 Å². The highest BCUT2D eigenvalue weighted by atomic mass is 16.5. The third-order valence-electron chi connectivity index (χ3n) is 6.85. The lowest BCUT2D eigenvalue weighted by molar-refractivity contribution is -0.127. The molecule has 2 atom stereocenters. The number of hydrogen-bond acceptors (Lipinski definition) is 7. The maximum Gasteiger partial charge on any atom is 0.156 e. The van der Waals surface area contributed by atoms with Crippen LogP contribution < -0.4 is 5.73 Å². The van der Waals surface area contributed by atoms with Gasteiger partial charge >= 0.3 is 0 Å². The van der Waals surface area contributed by atoms with Crippen LogP contribution in [0.2, 0.25) is 0 Å². The van der Waals surface area contributed by atoms with Crippen LogP contribution in [0.3, 0.4) is 0 Å². The molecule has 0 amide bonds. The summed E-state index contributed by atoms with van der Waals surface area (Å²) < 4.78 is 2.33. The predicted molar refractivity (Wildman–Crippen MR) is 142 cm³/mol. The Labute approximate surface area is 211 Å². The first-order valence-corrected chi connectivity index (χ1v) is 12.6. The number of anilines is 1. The minimum atomic E-state index is -1.50. The van der Waals surface area contributed by atoms with E-state index >= 15 is 0 Å². The van der Waals surface area contributed by atoms with E-state index in [1.165, 1.54) is 44.2 Å². The van der Waals surface area contributed by atoms with Gasteiger partial charge in [0.15, 0.2) is 5.79 Å². The number of nitrogens with zero attached hydrogens (tertiary/aromatic N) is 4. The first-order chi connectivity index (χ1) is 17.1. The van der Waals surface area contributed by atoms with Gasteiger partial charge in [-0.2, -0.15) is 0 Å². The molecule has 36 heavy (non-hydrogen) atoms. The molecule has 5 rings (SSSR count). The number of pyridine rings is 1. The van der Waals surface area contributed by atoms with Crippen LogP contribution in [-0.2, 0) is 12.8 Å². The van der Waals surface area contributed by atoms with Crippen molar-refractivity contribution < 1.29 is 15.3 Å². The van der Waals surface area contributed by atoms with E-state index in [0.717, 1.165) is 40.3 Å². The van der Waals surface area contributed by atoms with E-state index in [1.807, 2.05) is 13.1 Å². The molecule has 0 bridgehead atoms. The summed E-state index contributed by atoms with van der Waals surface area (Å²) in [5, 5.41) is 27.9. The van der Waals surface area contributed by atoms with Gasteiger partial charge in [-0.15, -0.1) is 0 Å². The zero-order valence-electron chi connectivity index (χ0n) is 21.4. The van der Waals surface area contributed by atoms with Gasteiger partial charge in [-0.1, -0.05) is 0 Å². The van der Waals surface area contributed by atoms with Crippen LogP contribution in [0.1, 0.15) is 62.3 Å². The Balaban J connectivity index is 0.000000556.